The second kappa shape index (κ2) is 11.4. The third-order valence-corrected chi connectivity index (χ3v) is 6.04. The molecule has 0 unspecified atom stereocenters. The van der Waals surface area contributed by atoms with Crippen LogP contribution in [-0.4, -0.2) is 19.1 Å². The number of benzene rings is 3. The quantitative estimate of drug-likeness (QED) is 0.310. The fourth-order valence-electron chi connectivity index (χ4n) is 3.26. The van der Waals surface area contributed by atoms with Crippen molar-refractivity contribution in [2.24, 2.45) is 0 Å². The predicted octanol–water partition coefficient (Wildman–Crippen LogP) is 7.06. The molecule has 0 aromatic heterocycles. The van der Waals surface area contributed by atoms with E-state index in [2.05, 4.69) is 58.6 Å². The van der Waals surface area contributed by atoms with Gasteiger partial charge in [-0.05, 0) is 96.2 Å². The molecule has 33 heavy (non-hydrogen) atoms. The van der Waals surface area contributed by atoms with Gasteiger partial charge in [0, 0.05) is 22.9 Å². The number of nitrogens with one attached hydrogen (secondary N) is 2. The normalized spacial score (nSPS) is 10.6. The maximum absolute atomic E-state index is 12.4. The minimum atomic E-state index is -0.287. The van der Waals surface area contributed by atoms with E-state index in [1.165, 1.54) is 11.1 Å². The van der Waals surface area contributed by atoms with Crippen molar-refractivity contribution in [3.63, 3.8) is 0 Å². The molecule has 3 aromatic carbocycles. The van der Waals surface area contributed by atoms with E-state index >= 15 is 0 Å². The SMILES string of the molecule is CCOc1cc(CNc2cc(C)ccc2C)cc(Br)c1OCC(=O)Nc1ccc(C)c(Cl)c1. The second-order valence-electron chi connectivity index (χ2n) is 7.81. The number of ether oxygens (including phenoxy) is 2. The average Bonchev–Trinajstić information content (AvgIpc) is 2.76. The van der Waals surface area contributed by atoms with Gasteiger partial charge in [0.2, 0.25) is 0 Å². The summed E-state index contributed by atoms with van der Waals surface area (Å²) in [7, 11) is 0. The van der Waals surface area contributed by atoms with E-state index in [1.54, 1.807) is 12.1 Å². The van der Waals surface area contributed by atoms with Crippen LogP contribution in [0.5, 0.6) is 11.5 Å². The molecule has 3 aromatic rings. The lowest BCUT2D eigenvalue weighted by Gasteiger charge is -2.16. The molecule has 7 heteroatoms. The lowest BCUT2D eigenvalue weighted by atomic mass is 10.1. The van der Waals surface area contributed by atoms with Gasteiger partial charge in [0.05, 0.1) is 11.1 Å². The molecule has 0 fully saturated rings. The largest absolute Gasteiger partial charge is 0.490 e. The van der Waals surface area contributed by atoms with E-state index in [0.29, 0.717) is 35.4 Å². The van der Waals surface area contributed by atoms with Crippen molar-refractivity contribution in [3.05, 3.63) is 80.3 Å². The van der Waals surface area contributed by atoms with Gasteiger partial charge in [-0.1, -0.05) is 29.8 Å². The lowest BCUT2D eigenvalue weighted by molar-refractivity contribution is -0.118. The zero-order valence-corrected chi connectivity index (χ0v) is 21.6. The molecule has 0 saturated heterocycles. The molecular formula is C26H28BrClN2O3. The maximum Gasteiger partial charge on any atom is 0.262 e. The molecule has 0 radical (unpaired) electrons. The first-order valence-electron chi connectivity index (χ1n) is 10.7. The van der Waals surface area contributed by atoms with E-state index in [1.807, 2.05) is 32.0 Å². The molecule has 0 saturated carbocycles. The Bertz CT molecular complexity index is 1150. The number of halogens is 2. The molecule has 5 nitrogen and oxygen atoms in total. The monoisotopic (exact) mass is 530 g/mol. The molecule has 0 atom stereocenters. The molecule has 0 aliphatic rings. The Kier molecular flexibility index (Phi) is 8.64. The van der Waals surface area contributed by atoms with Gasteiger partial charge in [-0.25, -0.2) is 0 Å². The van der Waals surface area contributed by atoms with Crippen molar-refractivity contribution >= 4 is 44.8 Å². The average molecular weight is 532 g/mol. The molecule has 0 aliphatic carbocycles. The molecule has 1 amide bonds. The fourth-order valence-corrected chi connectivity index (χ4v) is 4.04. The summed E-state index contributed by atoms with van der Waals surface area (Å²) < 4.78 is 12.3. The summed E-state index contributed by atoms with van der Waals surface area (Å²) in [6, 6.07) is 15.6. The number of carbonyl (C=O) groups excluding carboxylic acids is 1. The third kappa shape index (κ3) is 6.89. The summed E-state index contributed by atoms with van der Waals surface area (Å²) in [6.07, 6.45) is 0. The number of amides is 1. The number of hydrogen-bond acceptors (Lipinski definition) is 4. The van der Waals surface area contributed by atoms with Gasteiger partial charge >= 0.3 is 0 Å². The minimum Gasteiger partial charge on any atom is -0.490 e. The summed E-state index contributed by atoms with van der Waals surface area (Å²) in [5.74, 6) is 0.783. The summed E-state index contributed by atoms with van der Waals surface area (Å²) in [6.45, 7) is 8.91. The van der Waals surface area contributed by atoms with E-state index in [0.717, 1.165) is 21.3 Å². The number of hydrogen-bond donors (Lipinski definition) is 2. The first-order valence-corrected chi connectivity index (χ1v) is 11.9. The number of aryl methyl sites for hydroxylation is 3. The van der Waals surface area contributed by atoms with E-state index in [9.17, 15) is 4.79 Å². The highest BCUT2D eigenvalue weighted by Gasteiger charge is 2.15. The molecular weight excluding hydrogens is 504 g/mol. The van der Waals surface area contributed by atoms with Gasteiger partial charge in [-0.15, -0.1) is 0 Å². The van der Waals surface area contributed by atoms with E-state index in [-0.39, 0.29) is 12.5 Å². The Hall–Kier alpha value is -2.70. The first-order chi connectivity index (χ1) is 15.8. The van der Waals surface area contributed by atoms with Gasteiger partial charge in [-0.2, -0.15) is 0 Å². The zero-order chi connectivity index (χ0) is 24.0. The Morgan fingerprint density at radius 3 is 2.48 bits per heavy atom. The van der Waals surface area contributed by atoms with Crippen LogP contribution in [0.2, 0.25) is 5.02 Å². The van der Waals surface area contributed by atoms with Crippen molar-refractivity contribution < 1.29 is 14.3 Å². The molecule has 0 aliphatic heterocycles. The van der Waals surface area contributed by atoms with Crippen LogP contribution in [0.15, 0.2) is 53.0 Å². The number of carbonyl (C=O) groups is 1. The van der Waals surface area contributed by atoms with Crippen LogP contribution in [0, 0.1) is 20.8 Å². The molecule has 174 valence electrons. The molecule has 2 N–H and O–H groups in total. The van der Waals surface area contributed by atoms with Crippen LogP contribution in [0.4, 0.5) is 11.4 Å². The van der Waals surface area contributed by atoms with Crippen molar-refractivity contribution in [2.45, 2.75) is 34.2 Å². The van der Waals surface area contributed by atoms with Gasteiger partial charge in [-0.3, -0.25) is 4.79 Å². The van der Waals surface area contributed by atoms with Gasteiger partial charge in [0.15, 0.2) is 18.1 Å². The smallest absolute Gasteiger partial charge is 0.262 e. The molecule has 0 bridgehead atoms. The number of anilines is 2. The second-order valence-corrected chi connectivity index (χ2v) is 9.07. The molecule has 0 spiro atoms. The topological polar surface area (TPSA) is 59.6 Å². The van der Waals surface area contributed by atoms with Crippen molar-refractivity contribution in [1.29, 1.82) is 0 Å². The van der Waals surface area contributed by atoms with Crippen LogP contribution >= 0.6 is 27.5 Å². The highest BCUT2D eigenvalue weighted by molar-refractivity contribution is 9.10. The predicted molar refractivity (Wildman–Crippen MR) is 139 cm³/mol. The lowest BCUT2D eigenvalue weighted by Crippen LogP contribution is -2.20. The molecule has 3 rings (SSSR count). The Morgan fingerprint density at radius 2 is 1.76 bits per heavy atom. The Labute approximate surface area is 208 Å². The van der Waals surface area contributed by atoms with Crippen LogP contribution in [0.25, 0.3) is 0 Å². The van der Waals surface area contributed by atoms with Crippen molar-refractivity contribution in [3.8, 4) is 11.5 Å². The minimum absolute atomic E-state index is 0.162. The Balaban J connectivity index is 1.69. The summed E-state index contributed by atoms with van der Waals surface area (Å²) in [4.78, 5) is 12.4. The van der Waals surface area contributed by atoms with Crippen molar-refractivity contribution in [2.75, 3.05) is 23.8 Å². The Morgan fingerprint density at radius 1 is 1.00 bits per heavy atom. The standard InChI is InChI=1S/C26H28BrClN2O3/c1-5-32-24-12-19(14-29-23-10-16(2)6-7-18(23)4)11-21(27)26(24)33-15-25(31)30-20-9-8-17(3)22(28)13-20/h6-13,29H,5,14-15H2,1-4H3,(H,30,31). The fraction of sp³-hybridized carbons (Fsp3) is 0.269. The zero-order valence-electron chi connectivity index (χ0n) is 19.2. The molecule has 0 heterocycles. The van der Waals surface area contributed by atoms with Crippen molar-refractivity contribution in [1.82, 2.24) is 0 Å². The van der Waals surface area contributed by atoms with Crippen LogP contribution in [0.1, 0.15) is 29.2 Å². The summed E-state index contributed by atoms with van der Waals surface area (Å²) in [5, 5.41) is 6.87. The maximum atomic E-state index is 12.4. The van der Waals surface area contributed by atoms with E-state index < -0.39 is 0 Å². The van der Waals surface area contributed by atoms with E-state index in [4.69, 9.17) is 21.1 Å². The highest BCUT2D eigenvalue weighted by atomic mass is 79.9. The van der Waals surface area contributed by atoms with Gasteiger partial charge in [0.25, 0.3) is 5.91 Å². The van der Waals surface area contributed by atoms with Gasteiger partial charge in [0.1, 0.15) is 0 Å². The summed E-state index contributed by atoms with van der Waals surface area (Å²) >= 11 is 9.70. The van der Waals surface area contributed by atoms with Gasteiger partial charge < -0.3 is 20.1 Å². The van der Waals surface area contributed by atoms with Crippen LogP contribution in [-0.2, 0) is 11.3 Å². The third-order valence-electron chi connectivity index (χ3n) is 5.05. The van der Waals surface area contributed by atoms with Crippen LogP contribution < -0.4 is 20.1 Å². The van der Waals surface area contributed by atoms with Crippen LogP contribution in [0.3, 0.4) is 0 Å². The first kappa shape index (κ1) is 24.9. The number of rotatable bonds is 9. The highest BCUT2D eigenvalue weighted by Crippen LogP contribution is 2.37. The summed E-state index contributed by atoms with van der Waals surface area (Å²) in [5.41, 5.74) is 6.08.